The monoisotopic (exact) mass is 425 g/mol. The maximum atomic E-state index is 12.2. The molecule has 1 aliphatic heterocycles. The summed E-state index contributed by atoms with van der Waals surface area (Å²) in [6.45, 7) is 9.44. The molecule has 1 aliphatic rings. The number of anilines is 1. The zero-order chi connectivity index (χ0) is 21.1. The van der Waals surface area contributed by atoms with E-state index < -0.39 is 0 Å². The molecule has 0 atom stereocenters. The minimum atomic E-state index is -0.301. The van der Waals surface area contributed by atoms with Crippen LogP contribution in [0, 0.1) is 4.77 Å². The summed E-state index contributed by atoms with van der Waals surface area (Å²) >= 11 is 5.78. The number of carbonyl (C=O) groups excluding carboxylic acids is 1. The summed E-state index contributed by atoms with van der Waals surface area (Å²) in [4.78, 5) is 21.4. The fraction of sp³-hybridized carbons (Fsp3) is 0.409. The molecule has 8 heteroatoms. The number of imidazole rings is 1. The first-order valence-corrected chi connectivity index (χ1v) is 10.8. The highest BCUT2D eigenvalue weighted by molar-refractivity contribution is 7.71. The third kappa shape index (κ3) is 3.97. The molecule has 4 rings (SSSR count). The van der Waals surface area contributed by atoms with E-state index in [1.165, 1.54) is 0 Å². The average molecular weight is 426 g/mol. The second kappa shape index (κ2) is 8.97. The number of rotatable bonds is 6. The van der Waals surface area contributed by atoms with Crippen molar-refractivity contribution in [2.24, 2.45) is 0 Å². The average Bonchev–Trinajstić information content (AvgIpc) is 3.05. The lowest BCUT2D eigenvalue weighted by molar-refractivity contribution is 0.0526. The standard InChI is InChI=1S/C22H27N5O2S/c1-3-26-18-9-8-17(21(28)29-4-2)15-19(18)27(22(26)30)16-24-11-13-25(14-12-24)20-7-5-6-10-23-20/h5-10,15H,3-4,11-14,16H2,1-2H3. The van der Waals surface area contributed by atoms with Gasteiger partial charge in [-0.05, 0) is 56.4 Å². The Morgan fingerprint density at radius 1 is 1.07 bits per heavy atom. The lowest BCUT2D eigenvalue weighted by Crippen LogP contribution is -2.47. The molecule has 0 spiro atoms. The summed E-state index contributed by atoms with van der Waals surface area (Å²) in [5.74, 6) is 0.723. The summed E-state index contributed by atoms with van der Waals surface area (Å²) in [6.07, 6.45) is 1.84. The van der Waals surface area contributed by atoms with Gasteiger partial charge in [0, 0.05) is 38.9 Å². The summed E-state index contributed by atoms with van der Waals surface area (Å²) < 4.78 is 10.2. The van der Waals surface area contributed by atoms with Gasteiger partial charge in [0.15, 0.2) is 4.77 Å². The van der Waals surface area contributed by atoms with Gasteiger partial charge >= 0.3 is 5.97 Å². The van der Waals surface area contributed by atoms with Gasteiger partial charge in [-0.3, -0.25) is 4.90 Å². The number of hydrogen-bond donors (Lipinski definition) is 0. The van der Waals surface area contributed by atoms with Crippen LogP contribution in [0.15, 0.2) is 42.6 Å². The van der Waals surface area contributed by atoms with Crippen LogP contribution in [0.4, 0.5) is 5.82 Å². The number of nitrogens with zero attached hydrogens (tertiary/aromatic N) is 5. The molecule has 0 amide bonds. The summed E-state index contributed by atoms with van der Waals surface area (Å²) in [5, 5.41) is 0. The maximum absolute atomic E-state index is 12.2. The molecule has 0 aliphatic carbocycles. The lowest BCUT2D eigenvalue weighted by atomic mass is 10.2. The molecule has 0 radical (unpaired) electrons. The Morgan fingerprint density at radius 2 is 1.87 bits per heavy atom. The minimum Gasteiger partial charge on any atom is -0.462 e. The summed E-state index contributed by atoms with van der Waals surface area (Å²) in [7, 11) is 0. The molecule has 1 aromatic carbocycles. The van der Waals surface area contributed by atoms with Gasteiger partial charge in [-0.25, -0.2) is 9.78 Å². The van der Waals surface area contributed by atoms with Crippen LogP contribution in [0.5, 0.6) is 0 Å². The van der Waals surface area contributed by atoms with Crippen LogP contribution in [-0.2, 0) is 18.0 Å². The van der Waals surface area contributed by atoms with Gasteiger partial charge in [-0.2, -0.15) is 0 Å². The van der Waals surface area contributed by atoms with Crippen LogP contribution >= 0.6 is 12.2 Å². The van der Waals surface area contributed by atoms with Crippen molar-refractivity contribution in [3.8, 4) is 0 Å². The van der Waals surface area contributed by atoms with Crippen molar-refractivity contribution in [3.63, 3.8) is 0 Å². The van der Waals surface area contributed by atoms with Gasteiger partial charge in [-0.15, -0.1) is 0 Å². The second-order valence-corrected chi connectivity index (χ2v) is 7.68. The lowest BCUT2D eigenvalue weighted by Gasteiger charge is -2.35. The van der Waals surface area contributed by atoms with Crippen molar-refractivity contribution < 1.29 is 9.53 Å². The number of carbonyl (C=O) groups is 1. The third-order valence-corrected chi connectivity index (χ3v) is 5.97. The predicted molar refractivity (Wildman–Crippen MR) is 120 cm³/mol. The maximum Gasteiger partial charge on any atom is 0.338 e. The molecule has 0 unspecified atom stereocenters. The highest BCUT2D eigenvalue weighted by Crippen LogP contribution is 2.22. The molecular formula is C22H27N5O2S. The second-order valence-electron chi connectivity index (χ2n) is 7.31. The molecule has 0 saturated carbocycles. The van der Waals surface area contributed by atoms with E-state index in [9.17, 15) is 4.79 Å². The fourth-order valence-electron chi connectivity index (χ4n) is 3.96. The van der Waals surface area contributed by atoms with Gasteiger partial charge in [-0.1, -0.05) is 6.07 Å². The molecule has 30 heavy (non-hydrogen) atoms. The zero-order valence-corrected chi connectivity index (χ0v) is 18.3. The quantitative estimate of drug-likeness (QED) is 0.445. The van der Waals surface area contributed by atoms with E-state index in [2.05, 4.69) is 36.9 Å². The largest absolute Gasteiger partial charge is 0.462 e. The Balaban J connectivity index is 1.57. The van der Waals surface area contributed by atoms with Gasteiger partial charge < -0.3 is 18.8 Å². The number of esters is 1. The van der Waals surface area contributed by atoms with Crippen LogP contribution in [-0.4, -0.2) is 57.8 Å². The molecule has 1 saturated heterocycles. The van der Waals surface area contributed by atoms with Crippen molar-refractivity contribution in [1.82, 2.24) is 19.0 Å². The summed E-state index contributed by atoms with van der Waals surface area (Å²) in [6, 6.07) is 11.7. The van der Waals surface area contributed by atoms with Gasteiger partial charge in [0.05, 0.1) is 29.9 Å². The number of ether oxygens (including phenoxy) is 1. The highest BCUT2D eigenvalue weighted by Gasteiger charge is 2.20. The van der Waals surface area contributed by atoms with Gasteiger partial charge in [0.2, 0.25) is 0 Å². The van der Waals surface area contributed by atoms with Crippen molar-refractivity contribution in [2.45, 2.75) is 27.1 Å². The zero-order valence-electron chi connectivity index (χ0n) is 17.5. The highest BCUT2D eigenvalue weighted by atomic mass is 32.1. The Hall–Kier alpha value is -2.71. The molecule has 2 aromatic heterocycles. The Labute approximate surface area is 181 Å². The SMILES string of the molecule is CCOC(=O)c1ccc2c(c1)n(CN1CCN(c3ccccn3)CC1)c(=S)n2CC. The van der Waals surface area contributed by atoms with E-state index in [1.807, 2.05) is 43.5 Å². The number of aromatic nitrogens is 3. The topological polar surface area (TPSA) is 55.5 Å². The Bertz CT molecular complexity index is 1080. The number of hydrogen-bond acceptors (Lipinski definition) is 6. The van der Waals surface area contributed by atoms with Crippen LogP contribution < -0.4 is 4.90 Å². The van der Waals surface area contributed by atoms with Crippen molar-refractivity contribution >= 4 is 35.0 Å². The molecule has 0 bridgehead atoms. The van der Waals surface area contributed by atoms with Crippen LogP contribution in [0.2, 0.25) is 0 Å². The van der Waals surface area contributed by atoms with E-state index in [-0.39, 0.29) is 5.97 Å². The smallest absolute Gasteiger partial charge is 0.338 e. The van der Waals surface area contributed by atoms with Crippen LogP contribution in [0.25, 0.3) is 11.0 Å². The number of pyridine rings is 1. The number of fused-ring (bicyclic) bond motifs is 1. The first kappa shape index (κ1) is 20.6. The van der Waals surface area contributed by atoms with E-state index in [1.54, 1.807) is 0 Å². The van der Waals surface area contributed by atoms with Crippen molar-refractivity contribution in [1.29, 1.82) is 0 Å². The Kier molecular flexibility index (Phi) is 6.15. The van der Waals surface area contributed by atoms with Crippen molar-refractivity contribution in [2.75, 3.05) is 37.7 Å². The molecule has 7 nitrogen and oxygen atoms in total. The third-order valence-electron chi connectivity index (χ3n) is 5.53. The van der Waals surface area contributed by atoms with Crippen LogP contribution in [0.1, 0.15) is 24.2 Å². The number of benzene rings is 1. The van der Waals surface area contributed by atoms with E-state index in [0.717, 1.165) is 54.3 Å². The molecule has 3 aromatic rings. The first-order chi connectivity index (χ1) is 14.6. The van der Waals surface area contributed by atoms with Crippen molar-refractivity contribution in [3.05, 3.63) is 52.9 Å². The van der Waals surface area contributed by atoms with Gasteiger partial charge in [0.1, 0.15) is 5.82 Å². The molecule has 158 valence electrons. The summed E-state index contributed by atoms with van der Waals surface area (Å²) in [5.41, 5.74) is 2.57. The van der Waals surface area contributed by atoms with E-state index in [4.69, 9.17) is 17.0 Å². The number of aryl methyl sites for hydroxylation is 1. The van der Waals surface area contributed by atoms with E-state index in [0.29, 0.717) is 18.8 Å². The molecular weight excluding hydrogens is 398 g/mol. The fourth-order valence-corrected chi connectivity index (χ4v) is 4.35. The Morgan fingerprint density at radius 3 is 2.53 bits per heavy atom. The number of piperazine rings is 1. The minimum absolute atomic E-state index is 0.301. The van der Waals surface area contributed by atoms with Gasteiger partial charge in [0.25, 0.3) is 0 Å². The first-order valence-electron chi connectivity index (χ1n) is 10.4. The molecule has 1 fully saturated rings. The molecule has 0 N–H and O–H groups in total. The van der Waals surface area contributed by atoms with Crippen LogP contribution in [0.3, 0.4) is 0 Å². The predicted octanol–water partition coefficient (Wildman–Crippen LogP) is 3.54. The normalized spacial score (nSPS) is 14.9. The van der Waals surface area contributed by atoms with E-state index >= 15 is 0 Å². The molecule has 3 heterocycles.